The summed E-state index contributed by atoms with van der Waals surface area (Å²) in [7, 11) is -4.18. The van der Waals surface area contributed by atoms with Crippen molar-refractivity contribution in [2.45, 2.75) is 44.1 Å². The highest BCUT2D eigenvalue weighted by Gasteiger charge is 2.41. The van der Waals surface area contributed by atoms with E-state index in [0.29, 0.717) is 29.3 Å². The van der Waals surface area contributed by atoms with Crippen molar-refractivity contribution < 1.29 is 44.7 Å². The number of rotatable bonds is 7. The summed E-state index contributed by atoms with van der Waals surface area (Å²) in [4.78, 5) is 11.5. The highest BCUT2D eigenvalue weighted by Crippen LogP contribution is 2.35. The van der Waals surface area contributed by atoms with Crippen LogP contribution in [0.2, 0.25) is 0 Å². The Labute approximate surface area is 187 Å². The number of carbonyl (C=O) groups is 1. The minimum atomic E-state index is -5.16. The Morgan fingerprint density at radius 2 is 1.39 bits per heavy atom. The summed E-state index contributed by atoms with van der Waals surface area (Å²) in [6, 6.07) is 3.91. The number of hydrogen-bond donors (Lipinski definition) is 1. The molecule has 13 heteroatoms. The minimum Gasteiger partial charge on any atom is -0.480 e. The Morgan fingerprint density at radius 1 is 0.939 bits per heavy atom. The molecule has 0 aliphatic rings. The highest BCUT2D eigenvalue weighted by atomic mass is 32.2. The van der Waals surface area contributed by atoms with E-state index in [1.807, 2.05) is 0 Å². The van der Waals surface area contributed by atoms with Crippen LogP contribution in [-0.4, -0.2) is 37.2 Å². The first kappa shape index (κ1) is 26.7. The van der Waals surface area contributed by atoms with Gasteiger partial charge in [0.15, 0.2) is 0 Å². The molecule has 0 spiro atoms. The summed E-state index contributed by atoms with van der Waals surface area (Å²) >= 11 is 0. The van der Waals surface area contributed by atoms with Gasteiger partial charge in [-0.2, -0.15) is 26.3 Å². The van der Waals surface area contributed by atoms with Gasteiger partial charge in [-0.25, -0.2) is 12.6 Å². The smallest absolute Gasteiger partial charge is 0.416 e. The Kier molecular flexibility index (Phi) is 7.59. The monoisotopic (exact) mass is 494 g/mol. The minimum absolute atomic E-state index is 0.104. The second-order valence-electron chi connectivity index (χ2n) is 7.64. The fourth-order valence-electron chi connectivity index (χ4n) is 3.02. The molecule has 0 saturated heterocycles. The normalized spacial score (nSPS) is 13.9. The van der Waals surface area contributed by atoms with Gasteiger partial charge in [-0.05, 0) is 31.0 Å². The molecular formula is C20H19BF6NO4S. The summed E-state index contributed by atoms with van der Waals surface area (Å²) < 4.78 is 106. The molecule has 2 rings (SSSR count). The van der Waals surface area contributed by atoms with Crippen LogP contribution in [0.15, 0.2) is 47.4 Å². The van der Waals surface area contributed by atoms with Crippen LogP contribution in [0.3, 0.4) is 0 Å². The van der Waals surface area contributed by atoms with Crippen LogP contribution in [0.4, 0.5) is 26.3 Å². The van der Waals surface area contributed by atoms with E-state index in [1.54, 1.807) is 6.92 Å². The van der Waals surface area contributed by atoms with Crippen LogP contribution in [0, 0.1) is 12.8 Å². The van der Waals surface area contributed by atoms with Crippen LogP contribution >= 0.6 is 0 Å². The largest absolute Gasteiger partial charge is 0.480 e. The van der Waals surface area contributed by atoms with E-state index >= 15 is 0 Å². The highest BCUT2D eigenvalue weighted by molar-refractivity contribution is 7.90. The van der Waals surface area contributed by atoms with Gasteiger partial charge in [0.05, 0.1) is 16.0 Å². The number of benzene rings is 2. The zero-order valence-corrected chi connectivity index (χ0v) is 18.4. The van der Waals surface area contributed by atoms with Gasteiger partial charge < -0.3 is 5.11 Å². The molecule has 2 aromatic carbocycles. The van der Waals surface area contributed by atoms with Crippen molar-refractivity contribution in [1.82, 2.24) is 4.22 Å². The molecule has 0 heterocycles. The summed E-state index contributed by atoms with van der Waals surface area (Å²) in [6.07, 6.45) is -10.3. The molecule has 1 atom stereocenters. The van der Waals surface area contributed by atoms with Crippen LogP contribution < -0.4 is 5.46 Å². The Balaban J connectivity index is 2.72. The predicted octanol–water partition coefficient (Wildman–Crippen LogP) is 4.08. The predicted molar refractivity (Wildman–Crippen MR) is 108 cm³/mol. The number of nitrogens with zero attached hydrogens (tertiary/aromatic N) is 1. The number of aliphatic carboxylic acids is 1. The number of sulfonamides is 1. The number of carboxylic acid groups (broad SMARTS) is 1. The number of alkyl halides is 6. The van der Waals surface area contributed by atoms with Gasteiger partial charge in [0.25, 0.3) is 7.41 Å². The van der Waals surface area contributed by atoms with E-state index in [-0.39, 0.29) is 11.0 Å². The Bertz CT molecular complexity index is 1080. The molecule has 0 aliphatic heterocycles. The molecule has 0 fully saturated rings. The molecule has 33 heavy (non-hydrogen) atoms. The second-order valence-corrected chi connectivity index (χ2v) is 9.49. The van der Waals surface area contributed by atoms with Gasteiger partial charge in [-0.1, -0.05) is 49.1 Å². The number of aryl methyl sites for hydroxylation is 1. The molecule has 0 bridgehead atoms. The van der Waals surface area contributed by atoms with E-state index in [1.165, 1.54) is 26.0 Å². The van der Waals surface area contributed by atoms with Crippen molar-refractivity contribution in [2.24, 2.45) is 5.92 Å². The van der Waals surface area contributed by atoms with Crippen molar-refractivity contribution in [2.75, 3.05) is 0 Å². The lowest BCUT2D eigenvalue weighted by atomic mass is 9.78. The van der Waals surface area contributed by atoms with Crippen LogP contribution in [0.25, 0.3) is 0 Å². The average Bonchev–Trinajstić information content (AvgIpc) is 2.65. The van der Waals surface area contributed by atoms with E-state index in [2.05, 4.69) is 0 Å². The SMILES string of the molecule is Cc1ccc(S(=O)(=O)N([B]c2cc(C(F)(F)F)cc(C(F)(F)F)c2)[C@H](C(=O)O)C(C)C)cc1. The molecule has 179 valence electrons. The molecule has 5 nitrogen and oxygen atoms in total. The molecule has 1 N–H and O–H groups in total. The lowest BCUT2D eigenvalue weighted by Gasteiger charge is -2.31. The van der Waals surface area contributed by atoms with Crippen LogP contribution in [0.1, 0.15) is 30.5 Å². The third kappa shape index (κ3) is 6.29. The molecule has 1 radical (unpaired) electrons. The first-order valence-corrected chi connectivity index (χ1v) is 10.9. The molecular weight excluding hydrogens is 475 g/mol. The molecule has 2 aromatic rings. The van der Waals surface area contributed by atoms with Crippen molar-refractivity contribution in [3.8, 4) is 0 Å². The summed E-state index contributed by atoms with van der Waals surface area (Å²) in [5.74, 6) is -2.51. The summed E-state index contributed by atoms with van der Waals surface area (Å²) in [5.41, 5.74) is -3.42. The first-order valence-electron chi connectivity index (χ1n) is 9.42. The maximum Gasteiger partial charge on any atom is 0.416 e. The fraction of sp³-hybridized carbons (Fsp3) is 0.350. The Morgan fingerprint density at radius 3 is 1.76 bits per heavy atom. The molecule has 0 aromatic heterocycles. The Hall–Kier alpha value is -2.54. The number of carboxylic acids is 1. The maximum atomic E-state index is 13.2. The van der Waals surface area contributed by atoms with Crippen LogP contribution in [0.5, 0.6) is 0 Å². The molecule has 0 amide bonds. The van der Waals surface area contributed by atoms with E-state index in [9.17, 15) is 44.7 Å². The summed E-state index contributed by atoms with van der Waals surface area (Å²) in [6.45, 7) is 4.38. The van der Waals surface area contributed by atoms with Crippen molar-refractivity contribution in [3.05, 3.63) is 59.2 Å². The van der Waals surface area contributed by atoms with Crippen LogP contribution in [-0.2, 0) is 27.2 Å². The van der Waals surface area contributed by atoms with Crippen molar-refractivity contribution in [3.63, 3.8) is 0 Å². The maximum absolute atomic E-state index is 13.2. The molecule has 0 aliphatic carbocycles. The summed E-state index contributed by atoms with van der Waals surface area (Å²) in [5, 5.41) is 9.63. The van der Waals surface area contributed by atoms with Gasteiger partial charge in [0.1, 0.15) is 6.04 Å². The molecule has 0 saturated carbocycles. The van der Waals surface area contributed by atoms with Crippen molar-refractivity contribution in [1.29, 1.82) is 0 Å². The topological polar surface area (TPSA) is 74.7 Å². The van der Waals surface area contributed by atoms with E-state index in [0.717, 1.165) is 12.1 Å². The number of halogens is 6. The quantitative estimate of drug-likeness (QED) is 0.465. The standard InChI is InChI=1S/C20H19BF6NO4S/c1-11(2)17(18(29)30)28(33(31,32)16-6-4-12(3)5-7-16)21-15-9-13(19(22,23)24)8-14(10-15)20(25,26)27/h4-11,17H,1-3H3,(H,29,30)/t17-/m0/s1. The lowest BCUT2D eigenvalue weighted by Crippen LogP contribution is -2.53. The van der Waals surface area contributed by atoms with Gasteiger partial charge >= 0.3 is 18.3 Å². The van der Waals surface area contributed by atoms with Gasteiger partial charge in [0, 0.05) is 0 Å². The molecule has 0 unspecified atom stereocenters. The van der Waals surface area contributed by atoms with Gasteiger partial charge in [-0.15, -0.1) is 0 Å². The van der Waals surface area contributed by atoms with E-state index < -0.39 is 56.9 Å². The van der Waals surface area contributed by atoms with E-state index in [4.69, 9.17) is 0 Å². The zero-order valence-electron chi connectivity index (χ0n) is 17.6. The average molecular weight is 494 g/mol. The second kappa shape index (κ2) is 9.37. The lowest BCUT2D eigenvalue weighted by molar-refractivity contribution is -0.143. The van der Waals surface area contributed by atoms with Crippen molar-refractivity contribution >= 4 is 28.9 Å². The van der Waals surface area contributed by atoms with Gasteiger partial charge in [-0.3, -0.25) is 4.79 Å². The third-order valence-corrected chi connectivity index (χ3v) is 6.40. The fourth-order valence-corrected chi connectivity index (χ4v) is 4.64. The van der Waals surface area contributed by atoms with Gasteiger partial charge in [0.2, 0.25) is 10.0 Å². The third-order valence-electron chi connectivity index (χ3n) is 4.64. The number of hydrogen-bond acceptors (Lipinski definition) is 3. The first-order chi connectivity index (χ1) is 14.9. The zero-order chi connectivity index (χ0) is 25.4.